The predicted octanol–water partition coefficient (Wildman–Crippen LogP) is 4.07. The number of halogens is 1. The Hall–Kier alpha value is -1.29. The Morgan fingerprint density at radius 2 is 2.31 bits per heavy atom. The van der Waals surface area contributed by atoms with E-state index in [0.717, 1.165) is 16.4 Å². The minimum absolute atomic E-state index is 0.179. The number of benzene rings is 1. The summed E-state index contributed by atoms with van der Waals surface area (Å²) >= 11 is 3.45. The first-order valence-electron chi connectivity index (χ1n) is 5.06. The fourth-order valence-electron chi connectivity index (χ4n) is 1.51. The average Bonchev–Trinajstić information content (AvgIpc) is 2.59. The third-order valence-electron chi connectivity index (χ3n) is 2.26. The lowest BCUT2D eigenvalue weighted by atomic mass is 10.1. The molecule has 0 bridgehead atoms. The van der Waals surface area contributed by atoms with Gasteiger partial charge in [-0.05, 0) is 47.0 Å². The Balaban J connectivity index is 2.61. The molecule has 16 heavy (non-hydrogen) atoms. The summed E-state index contributed by atoms with van der Waals surface area (Å²) in [6.45, 7) is 3.67. The van der Waals surface area contributed by atoms with Gasteiger partial charge in [0.25, 0.3) is 0 Å². The van der Waals surface area contributed by atoms with Gasteiger partial charge >= 0.3 is 0 Å². The van der Waals surface area contributed by atoms with Gasteiger partial charge < -0.3 is 9.52 Å². The van der Waals surface area contributed by atoms with Gasteiger partial charge in [-0.25, -0.2) is 4.98 Å². The van der Waals surface area contributed by atoms with Gasteiger partial charge in [0.15, 0.2) is 5.58 Å². The second kappa shape index (κ2) is 4.29. The van der Waals surface area contributed by atoms with Crippen molar-refractivity contribution in [2.24, 2.45) is 0 Å². The molecule has 0 amide bonds. The average molecular weight is 282 g/mol. The molecule has 1 aromatic carbocycles. The van der Waals surface area contributed by atoms with Crippen LogP contribution in [0.1, 0.15) is 25.3 Å². The minimum atomic E-state index is 0.179. The summed E-state index contributed by atoms with van der Waals surface area (Å²) in [5, 5.41) is 9.15. The van der Waals surface area contributed by atoms with Crippen LogP contribution in [0.4, 0.5) is 0 Å². The number of hydrogen-bond donors (Lipinski definition) is 1. The number of fused-ring (bicyclic) bond motifs is 1. The van der Waals surface area contributed by atoms with Crippen molar-refractivity contribution >= 4 is 33.1 Å². The lowest BCUT2D eigenvalue weighted by Crippen LogP contribution is -1.80. The molecule has 84 valence electrons. The molecule has 0 spiro atoms. The summed E-state index contributed by atoms with van der Waals surface area (Å²) in [6, 6.07) is 4.01. The zero-order chi connectivity index (χ0) is 11.7. The maximum absolute atomic E-state index is 9.15. The highest BCUT2D eigenvalue weighted by molar-refractivity contribution is 9.10. The molecule has 1 aromatic heterocycles. The van der Waals surface area contributed by atoms with Crippen molar-refractivity contribution in [1.29, 1.82) is 0 Å². The van der Waals surface area contributed by atoms with Crippen LogP contribution in [0.3, 0.4) is 0 Å². The SMILES string of the molecule is CCc1cc(Br)c2oc(/C=C(/C)O)nc2c1. The standard InChI is InChI=1S/C12H12BrNO2/c1-3-8-5-9(13)12-10(6-8)14-11(16-12)4-7(2)15/h4-6,15H,3H2,1-2H3/b7-4-. The molecule has 2 aromatic rings. The van der Waals surface area contributed by atoms with Crippen molar-refractivity contribution in [3.63, 3.8) is 0 Å². The van der Waals surface area contributed by atoms with E-state index in [-0.39, 0.29) is 5.76 Å². The smallest absolute Gasteiger partial charge is 0.223 e. The second-order valence-corrected chi connectivity index (χ2v) is 4.47. The lowest BCUT2D eigenvalue weighted by molar-refractivity contribution is 0.417. The van der Waals surface area contributed by atoms with Crippen LogP contribution in [0, 0.1) is 0 Å². The van der Waals surface area contributed by atoms with Gasteiger partial charge in [0.05, 0.1) is 10.2 Å². The number of rotatable bonds is 2. The van der Waals surface area contributed by atoms with Crippen LogP contribution in [-0.2, 0) is 6.42 Å². The minimum Gasteiger partial charge on any atom is -0.512 e. The Morgan fingerprint density at radius 3 is 2.94 bits per heavy atom. The molecule has 4 heteroatoms. The highest BCUT2D eigenvalue weighted by Gasteiger charge is 2.09. The van der Waals surface area contributed by atoms with Crippen LogP contribution in [0.15, 0.2) is 26.8 Å². The Kier molecular flexibility index (Phi) is 3.01. The maximum Gasteiger partial charge on any atom is 0.223 e. The largest absolute Gasteiger partial charge is 0.512 e. The Labute approximate surface area is 102 Å². The van der Waals surface area contributed by atoms with E-state index < -0.39 is 0 Å². The van der Waals surface area contributed by atoms with Crippen molar-refractivity contribution in [3.05, 3.63) is 33.8 Å². The van der Waals surface area contributed by atoms with E-state index >= 15 is 0 Å². The summed E-state index contributed by atoms with van der Waals surface area (Å²) in [7, 11) is 0. The van der Waals surface area contributed by atoms with E-state index in [2.05, 4.69) is 27.8 Å². The molecule has 0 saturated heterocycles. The zero-order valence-corrected chi connectivity index (χ0v) is 10.7. The summed E-state index contributed by atoms with van der Waals surface area (Å²) in [6.07, 6.45) is 2.45. The monoisotopic (exact) mass is 281 g/mol. The molecule has 0 aliphatic rings. The third-order valence-corrected chi connectivity index (χ3v) is 2.85. The maximum atomic E-state index is 9.15. The predicted molar refractivity (Wildman–Crippen MR) is 67.4 cm³/mol. The number of oxazole rings is 1. The van der Waals surface area contributed by atoms with Crippen LogP contribution in [0.2, 0.25) is 0 Å². The van der Waals surface area contributed by atoms with Crippen molar-refractivity contribution in [2.45, 2.75) is 20.3 Å². The fraction of sp³-hybridized carbons (Fsp3) is 0.250. The molecule has 0 saturated carbocycles. The van der Waals surface area contributed by atoms with Gasteiger partial charge in [-0.3, -0.25) is 0 Å². The van der Waals surface area contributed by atoms with E-state index in [4.69, 9.17) is 9.52 Å². The summed E-state index contributed by atoms with van der Waals surface area (Å²) in [4.78, 5) is 4.29. The van der Waals surface area contributed by atoms with Crippen molar-refractivity contribution in [2.75, 3.05) is 0 Å². The van der Waals surface area contributed by atoms with E-state index in [9.17, 15) is 0 Å². The molecule has 3 nitrogen and oxygen atoms in total. The molecule has 0 aliphatic carbocycles. The fourth-order valence-corrected chi connectivity index (χ4v) is 2.09. The van der Waals surface area contributed by atoms with Crippen LogP contribution >= 0.6 is 15.9 Å². The van der Waals surface area contributed by atoms with Crippen molar-refractivity contribution in [1.82, 2.24) is 4.98 Å². The highest BCUT2D eigenvalue weighted by Crippen LogP contribution is 2.27. The lowest BCUT2D eigenvalue weighted by Gasteiger charge is -1.96. The molecule has 2 rings (SSSR count). The first-order valence-corrected chi connectivity index (χ1v) is 5.85. The molecule has 0 unspecified atom stereocenters. The van der Waals surface area contributed by atoms with Gasteiger partial charge in [0.1, 0.15) is 5.52 Å². The Morgan fingerprint density at radius 1 is 1.56 bits per heavy atom. The van der Waals surface area contributed by atoms with E-state index in [1.165, 1.54) is 11.6 Å². The number of aryl methyl sites for hydroxylation is 1. The molecular weight excluding hydrogens is 270 g/mol. The van der Waals surface area contributed by atoms with Crippen molar-refractivity contribution < 1.29 is 9.52 Å². The molecule has 0 fully saturated rings. The summed E-state index contributed by atoms with van der Waals surface area (Å²) < 4.78 is 6.41. The molecule has 1 heterocycles. The molecular formula is C12H12BrNO2. The van der Waals surface area contributed by atoms with Gasteiger partial charge in [-0.2, -0.15) is 0 Å². The Bertz CT molecular complexity index is 553. The quantitative estimate of drug-likeness (QED) is 0.844. The van der Waals surface area contributed by atoms with Crippen LogP contribution in [0.25, 0.3) is 17.2 Å². The third kappa shape index (κ3) is 2.11. The van der Waals surface area contributed by atoms with E-state index in [0.29, 0.717) is 11.5 Å². The van der Waals surface area contributed by atoms with Gasteiger partial charge in [0, 0.05) is 6.08 Å². The van der Waals surface area contributed by atoms with E-state index in [1.54, 1.807) is 6.92 Å². The zero-order valence-electron chi connectivity index (χ0n) is 9.12. The number of hydrogen-bond acceptors (Lipinski definition) is 3. The number of aliphatic hydroxyl groups is 1. The van der Waals surface area contributed by atoms with Gasteiger partial charge in [0.2, 0.25) is 5.89 Å². The molecule has 0 atom stereocenters. The van der Waals surface area contributed by atoms with Gasteiger partial charge in [-0.15, -0.1) is 0 Å². The van der Waals surface area contributed by atoms with Crippen LogP contribution in [-0.4, -0.2) is 10.1 Å². The summed E-state index contributed by atoms with van der Waals surface area (Å²) in [5.74, 6) is 0.599. The normalized spacial score (nSPS) is 12.3. The number of allylic oxidation sites excluding steroid dienone is 1. The van der Waals surface area contributed by atoms with Crippen molar-refractivity contribution in [3.8, 4) is 0 Å². The first kappa shape index (κ1) is 11.2. The number of aromatic nitrogens is 1. The molecule has 0 radical (unpaired) electrons. The second-order valence-electron chi connectivity index (χ2n) is 3.62. The molecule has 0 aliphatic heterocycles. The van der Waals surface area contributed by atoms with Gasteiger partial charge in [-0.1, -0.05) is 6.92 Å². The van der Waals surface area contributed by atoms with Crippen LogP contribution < -0.4 is 0 Å². The molecule has 1 N–H and O–H groups in total. The highest BCUT2D eigenvalue weighted by atomic mass is 79.9. The summed E-state index contributed by atoms with van der Waals surface area (Å²) in [5.41, 5.74) is 2.72. The first-order chi connectivity index (χ1) is 7.60. The topological polar surface area (TPSA) is 46.3 Å². The van der Waals surface area contributed by atoms with Crippen LogP contribution in [0.5, 0.6) is 0 Å². The van der Waals surface area contributed by atoms with E-state index in [1.807, 2.05) is 12.1 Å². The number of nitrogens with zero attached hydrogens (tertiary/aromatic N) is 1. The number of aliphatic hydroxyl groups excluding tert-OH is 1.